The first kappa shape index (κ1) is 10.7. The zero-order chi connectivity index (χ0) is 11.5. The zero-order valence-corrected chi connectivity index (χ0v) is 9.49. The maximum atomic E-state index is 5.93. The predicted molar refractivity (Wildman–Crippen MR) is 65.9 cm³/mol. The summed E-state index contributed by atoms with van der Waals surface area (Å²) >= 11 is 5.93. The lowest BCUT2D eigenvalue weighted by Gasteiger charge is -2.10. The highest BCUT2D eigenvalue weighted by molar-refractivity contribution is 6.31. The van der Waals surface area contributed by atoms with Crippen molar-refractivity contribution in [1.29, 1.82) is 0 Å². The second-order valence-corrected chi connectivity index (χ2v) is 3.80. The van der Waals surface area contributed by atoms with Crippen LogP contribution in [0.4, 0.5) is 17.3 Å². The molecule has 0 aliphatic heterocycles. The molecule has 0 aliphatic rings. The summed E-state index contributed by atoms with van der Waals surface area (Å²) in [5.74, 6) is 0.521. The monoisotopic (exact) mass is 234 g/mol. The number of halogens is 1. The minimum absolute atomic E-state index is 0.521. The highest BCUT2D eigenvalue weighted by Gasteiger charge is 2.05. The lowest BCUT2D eigenvalue weighted by molar-refractivity contribution is 1.16. The average Bonchev–Trinajstić information content (AvgIpc) is 2.27. The van der Waals surface area contributed by atoms with E-state index in [0.717, 1.165) is 11.3 Å². The molecule has 0 unspecified atom stereocenters. The van der Waals surface area contributed by atoms with Crippen LogP contribution in [0.15, 0.2) is 30.6 Å². The molecule has 4 nitrogen and oxygen atoms in total. The molecule has 1 aromatic carbocycles. The minimum atomic E-state index is 0.521. The Labute approximate surface area is 98.5 Å². The van der Waals surface area contributed by atoms with E-state index >= 15 is 0 Å². The molecule has 0 amide bonds. The highest BCUT2D eigenvalue weighted by atomic mass is 35.5. The van der Waals surface area contributed by atoms with Gasteiger partial charge in [0.25, 0.3) is 0 Å². The van der Waals surface area contributed by atoms with E-state index in [9.17, 15) is 0 Å². The van der Waals surface area contributed by atoms with Crippen LogP contribution in [-0.4, -0.2) is 9.97 Å². The Balaban J connectivity index is 2.35. The van der Waals surface area contributed by atoms with E-state index in [1.165, 1.54) is 0 Å². The molecule has 0 radical (unpaired) electrons. The maximum Gasteiger partial charge on any atom is 0.227 e. The van der Waals surface area contributed by atoms with Gasteiger partial charge in [0.05, 0.1) is 0 Å². The van der Waals surface area contributed by atoms with Crippen molar-refractivity contribution in [3.05, 3.63) is 41.2 Å². The number of nitrogen functional groups attached to an aromatic ring is 1. The Bertz CT molecular complexity index is 499. The third-order valence-electron chi connectivity index (χ3n) is 2.22. The molecule has 2 rings (SSSR count). The molecular formula is C11H11ClN4. The maximum absolute atomic E-state index is 5.93. The fourth-order valence-corrected chi connectivity index (χ4v) is 1.54. The van der Waals surface area contributed by atoms with E-state index in [-0.39, 0.29) is 0 Å². The number of hydrogen-bond donors (Lipinski definition) is 2. The number of rotatable bonds is 2. The first-order valence-corrected chi connectivity index (χ1v) is 5.14. The van der Waals surface area contributed by atoms with Gasteiger partial charge in [-0.2, -0.15) is 0 Å². The van der Waals surface area contributed by atoms with E-state index in [4.69, 9.17) is 17.3 Å². The first-order valence-electron chi connectivity index (χ1n) is 4.76. The van der Waals surface area contributed by atoms with Crippen LogP contribution in [0.1, 0.15) is 5.56 Å². The van der Waals surface area contributed by atoms with Crippen LogP contribution in [0.25, 0.3) is 0 Å². The SMILES string of the molecule is Cc1c(N)cc(Cl)cc1Nc1ncccn1. The minimum Gasteiger partial charge on any atom is -0.398 e. The van der Waals surface area contributed by atoms with Gasteiger partial charge >= 0.3 is 0 Å². The molecule has 82 valence electrons. The van der Waals surface area contributed by atoms with E-state index in [2.05, 4.69) is 15.3 Å². The smallest absolute Gasteiger partial charge is 0.227 e. The molecule has 5 heteroatoms. The molecule has 2 aromatic rings. The van der Waals surface area contributed by atoms with E-state index in [1.54, 1.807) is 30.6 Å². The largest absolute Gasteiger partial charge is 0.398 e. The van der Waals surface area contributed by atoms with Crippen LogP contribution in [0.2, 0.25) is 5.02 Å². The molecule has 3 N–H and O–H groups in total. The fraction of sp³-hybridized carbons (Fsp3) is 0.0909. The van der Waals surface area contributed by atoms with Crippen molar-refractivity contribution in [3.8, 4) is 0 Å². The number of aromatic nitrogens is 2. The third kappa shape index (κ3) is 2.23. The lowest BCUT2D eigenvalue weighted by Crippen LogP contribution is -2.00. The van der Waals surface area contributed by atoms with Crippen molar-refractivity contribution in [2.75, 3.05) is 11.1 Å². The Morgan fingerprint density at radius 2 is 1.94 bits per heavy atom. The quantitative estimate of drug-likeness (QED) is 0.785. The molecule has 0 fully saturated rings. The number of nitrogens with two attached hydrogens (primary N) is 1. The second-order valence-electron chi connectivity index (χ2n) is 3.36. The van der Waals surface area contributed by atoms with Crippen molar-refractivity contribution in [2.24, 2.45) is 0 Å². The summed E-state index contributed by atoms with van der Waals surface area (Å²) in [5, 5.41) is 3.65. The van der Waals surface area contributed by atoms with Gasteiger partial charge in [0, 0.05) is 28.8 Å². The van der Waals surface area contributed by atoms with Crippen LogP contribution in [0, 0.1) is 6.92 Å². The van der Waals surface area contributed by atoms with Gasteiger partial charge in [0.2, 0.25) is 5.95 Å². The van der Waals surface area contributed by atoms with Gasteiger partial charge in [-0.3, -0.25) is 0 Å². The Kier molecular flexibility index (Phi) is 2.92. The summed E-state index contributed by atoms with van der Waals surface area (Å²) in [6.07, 6.45) is 3.33. The van der Waals surface area contributed by atoms with Gasteiger partial charge in [-0.25, -0.2) is 9.97 Å². The number of hydrogen-bond acceptors (Lipinski definition) is 4. The van der Waals surface area contributed by atoms with Crippen molar-refractivity contribution in [3.63, 3.8) is 0 Å². The standard InChI is InChI=1S/C11H11ClN4/c1-7-9(13)5-8(12)6-10(7)16-11-14-3-2-4-15-11/h2-6H,13H2,1H3,(H,14,15,16). The summed E-state index contributed by atoms with van der Waals surface area (Å²) < 4.78 is 0. The summed E-state index contributed by atoms with van der Waals surface area (Å²) in [6, 6.07) is 5.27. The number of benzene rings is 1. The summed E-state index contributed by atoms with van der Waals surface area (Å²) in [7, 11) is 0. The molecule has 0 saturated heterocycles. The normalized spacial score (nSPS) is 10.1. The summed E-state index contributed by atoms with van der Waals surface area (Å²) in [6.45, 7) is 1.91. The second kappa shape index (κ2) is 4.37. The van der Waals surface area contributed by atoms with Gasteiger partial charge in [0.1, 0.15) is 0 Å². The Morgan fingerprint density at radius 3 is 2.62 bits per heavy atom. The molecule has 0 aliphatic carbocycles. The Hall–Kier alpha value is -1.81. The lowest BCUT2D eigenvalue weighted by atomic mass is 10.1. The first-order chi connectivity index (χ1) is 7.66. The van der Waals surface area contributed by atoms with Crippen LogP contribution < -0.4 is 11.1 Å². The van der Waals surface area contributed by atoms with Crippen LogP contribution in [0.3, 0.4) is 0 Å². The van der Waals surface area contributed by atoms with Gasteiger partial charge in [0.15, 0.2) is 0 Å². The van der Waals surface area contributed by atoms with Gasteiger partial charge in [-0.15, -0.1) is 0 Å². The fourth-order valence-electron chi connectivity index (χ4n) is 1.31. The van der Waals surface area contributed by atoms with Crippen molar-refractivity contribution < 1.29 is 0 Å². The van der Waals surface area contributed by atoms with Gasteiger partial charge in [-0.05, 0) is 30.7 Å². The topological polar surface area (TPSA) is 63.8 Å². The molecule has 0 saturated carbocycles. The van der Waals surface area contributed by atoms with Crippen LogP contribution in [-0.2, 0) is 0 Å². The van der Waals surface area contributed by atoms with Crippen LogP contribution in [0.5, 0.6) is 0 Å². The van der Waals surface area contributed by atoms with E-state index in [0.29, 0.717) is 16.7 Å². The summed E-state index contributed by atoms with van der Waals surface area (Å²) in [5.41, 5.74) is 8.20. The molecule has 0 bridgehead atoms. The molecule has 1 aromatic heterocycles. The van der Waals surface area contributed by atoms with Crippen molar-refractivity contribution in [1.82, 2.24) is 9.97 Å². The Morgan fingerprint density at radius 1 is 1.25 bits per heavy atom. The van der Waals surface area contributed by atoms with Crippen molar-refractivity contribution in [2.45, 2.75) is 6.92 Å². The number of nitrogens with one attached hydrogen (secondary N) is 1. The van der Waals surface area contributed by atoms with E-state index < -0.39 is 0 Å². The van der Waals surface area contributed by atoms with E-state index in [1.807, 2.05) is 6.92 Å². The molecular weight excluding hydrogens is 224 g/mol. The van der Waals surface area contributed by atoms with Gasteiger partial charge in [-0.1, -0.05) is 11.6 Å². The molecule has 16 heavy (non-hydrogen) atoms. The molecule has 1 heterocycles. The number of nitrogens with zero attached hydrogens (tertiary/aromatic N) is 2. The zero-order valence-electron chi connectivity index (χ0n) is 8.74. The van der Waals surface area contributed by atoms with Crippen molar-refractivity contribution >= 4 is 28.9 Å². The third-order valence-corrected chi connectivity index (χ3v) is 2.44. The van der Waals surface area contributed by atoms with Crippen LogP contribution >= 0.6 is 11.6 Å². The molecule has 0 spiro atoms. The number of anilines is 3. The predicted octanol–water partition coefficient (Wildman–Crippen LogP) is 2.76. The highest BCUT2D eigenvalue weighted by Crippen LogP contribution is 2.27. The summed E-state index contributed by atoms with van der Waals surface area (Å²) in [4.78, 5) is 8.14. The molecule has 0 atom stereocenters. The average molecular weight is 235 g/mol. The van der Waals surface area contributed by atoms with Gasteiger partial charge < -0.3 is 11.1 Å².